The van der Waals surface area contributed by atoms with Crippen LogP contribution in [0.15, 0.2) is 107 Å². The largest absolute Gasteiger partial charge is 0.417 e. The molecule has 2 N–H and O–H groups in total. The quantitative estimate of drug-likeness (QED) is 0.183. The van der Waals surface area contributed by atoms with Crippen LogP contribution >= 0.6 is 11.6 Å². The van der Waals surface area contributed by atoms with E-state index in [0.717, 1.165) is 54.6 Å². The zero-order valence-electron chi connectivity index (χ0n) is 22.4. The maximum Gasteiger partial charge on any atom is 0.417 e. The molecule has 0 atom stereocenters. The van der Waals surface area contributed by atoms with Gasteiger partial charge in [0.2, 0.25) is 5.91 Å². The molecule has 0 spiro atoms. The number of hydrogen-bond donors (Lipinski definition) is 2. The van der Waals surface area contributed by atoms with Gasteiger partial charge in [0.1, 0.15) is 6.54 Å². The summed E-state index contributed by atoms with van der Waals surface area (Å²) >= 11 is 5.69. The summed E-state index contributed by atoms with van der Waals surface area (Å²) in [6.45, 7) is -0.993. The van der Waals surface area contributed by atoms with E-state index in [9.17, 15) is 48.0 Å². The van der Waals surface area contributed by atoms with Gasteiger partial charge in [-0.1, -0.05) is 35.9 Å². The molecule has 0 aliphatic heterocycles. The molecule has 4 rings (SSSR count). The Balaban J connectivity index is 1.57. The molecule has 0 aromatic heterocycles. The molecule has 0 aliphatic carbocycles. The molecule has 8 nitrogen and oxygen atoms in total. The van der Waals surface area contributed by atoms with Gasteiger partial charge in [-0.3, -0.25) is 13.8 Å². The van der Waals surface area contributed by atoms with Crippen LogP contribution in [0.2, 0.25) is 5.02 Å². The van der Waals surface area contributed by atoms with Crippen molar-refractivity contribution in [3.8, 4) is 0 Å². The fraction of sp³-hybridized carbons (Fsp3) is 0.107. The van der Waals surface area contributed by atoms with E-state index in [1.165, 1.54) is 30.3 Å². The number of nitrogens with zero attached hydrogens (tertiary/aromatic N) is 1. The highest BCUT2D eigenvalue weighted by Gasteiger charge is 2.36. The topological polar surface area (TPSA) is 113 Å². The van der Waals surface area contributed by atoms with Gasteiger partial charge in [-0.15, -0.1) is 0 Å². The molecule has 4 aromatic rings. The lowest BCUT2D eigenvalue weighted by Crippen LogP contribution is -2.38. The minimum atomic E-state index is -4.93. The van der Waals surface area contributed by atoms with Crippen molar-refractivity contribution in [1.82, 2.24) is 0 Å². The molecule has 0 fully saturated rings. The number of rotatable bonds is 9. The molecule has 0 heterocycles. The van der Waals surface area contributed by atoms with E-state index < -0.39 is 66.7 Å². The van der Waals surface area contributed by atoms with E-state index in [1.54, 1.807) is 0 Å². The Hall–Kier alpha value is -4.28. The van der Waals surface area contributed by atoms with Crippen LogP contribution in [0.1, 0.15) is 11.1 Å². The smallest absolute Gasteiger partial charge is 0.325 e. The van der Waals surface area contributed by atoms with Crippen LogP contribution in [-0.4, -0.2) is 29.3 Å². The number of hydrogen-bond acceptors (Lipinski definition) is 5. The summed E-state index contributed by atoms with van der Waals surface area (Å²) in [5, 5.41) is 1.65. The zero-order chi connectivity index (χ0) is 33.2. The SMILES string of the molecule is O=C(CN(c1ccc(Cl)c(C(F)(F)F)c1)S(=O)(=O)c1ccccc1)Nc1ccc(S(=O)(=O)Nc2cccc(C(F)(F)F)c2)cc1. The van der Waals surface area contributed by atoms with Gasteiger partial charge in [-0.2, -0.15) is 26.3 Å². The Morgan fingerprint density at radius 2 is 1.36 bits per heavy atom. The second kappa shape index (κ2) is 12.6. The van der Waals surface area contributed by atoms with Crippen LogP contribution in [0.25, 0.3) is 0 Å². The number of sulfonamides is 2. The molecule has 45 heavy (non-hydrogen) atoms. The molecule has 0 radical (unpaired) electrons. The van der Waals surface area contributed by atoms with Gasteiger partial charge in [0.05, 0.1) is 31.6 Å². The first kappa shape index (κ1) is 33.6. The third-order valence-electron chi connectivity index (χ3n) is 6.05. The first-order chi connectivity index (χ1) is 20.9. The lowest BCUT2D eigenvalue weighted by Gasteiger charge is -2.25. The number of carbonyl (C=O) groups is 1. The summed E-state index contributed by atoms with van der Waals surface area (Å²) in [4.78, 5) is 12.3. The average Bonchev–Trinajstić information content (AvgIpc) is 2.96. The molecule has 238 valence electrons. The molecule has 17 heteroatoms. The Morgan fingerprint density at radius 3 is 1.96 bits per heavy atom. The first-order valence-corrected chi connectivity index (χ1v) is 15.7. The Kier molecular flexibility index (Phi) is 9.42. The fourth-order valence-corrected chi connectivity index (χ4v) is 6.65. The number of halogens is 7. The van der Waals surface area contributed by atoms with Gasteiger partial charge in [0.15, 0.2) is 0 Å². The standard InChI is InChI=1S/C28H20ClF6N3O5S2/c29-25-14-11-21(16-24(25)28(33,34)35)38(45(42,43)23-7-2-1-3-8-23)17-26(39)36-19-9-12-22(13-10-19)44(40,41)37-20-6-4-5-18(15-20)27(30,31)32/h1-16,37H,17H2,(H,36,39). The van der Waals surface area contributed by atoms with Gasteiger partial charge in [0, 0.05) is 11.4 Å². The van der Waals surface area contributed by atoms with Crippen molar-refractivity contribution in [3.05, 3.63) is 113 Å². The highest BCUT2D eigenvalue weighted by molar-refractivity contribution is 7.93. The summed E-state index contributed by atoms with van der Waals surface area (Å²) in [7, 11) is -8.95. The number of benzene rings is 4. The summed E-state index contributed by atoms with van der Waals surface area (Å²) < 4.78 is 134. The molecule has 0 saturated heterocycles. The van der Waals surface area contributed by atoms with E-state index >= 15 is 0 Å². The van der Waals surface area contributed by atoms with Crippen LogP contribution < -0.4 is 14.3 Å². The predicted molar refractivity (Wildman–Crippen MR) is 155 cm³/mol. The highest BCUT2D eigenvalue weighted by atomic mass is 35.5. The molecular formula is C28H20ClF6N3O5S2. The third kappa shape index (κ3) is 8.06. The van der Waals surface area contributed by atoms with Gasteiger partial charge >= 0.3 is 12.4 Å². The van der Waals surface area contributed by atoms with E-state index in [4.69, 9.17) is 11.6 Å². The second-order valence-corrected chi connectivity index (χ2v) is 13.2. The van der Waals surface area contributed by atoms with Crippen LogP contribution in [0.3, 0.4) is 0 Å². The summed E-state index contributed by atoms with van der Waals surface area (Å²) in [6.07, 6.45) is -9.64. The zero-order valence-corrected chi connectivity index (χ0v) is 24.8. The van der Waals surface area contributed by atoms with Gasteiger partial charge in [0.25, 0.3) is 20.0 Å². The van der Waals surface area contributed by atoms with Crippen molar-refractivity contribution in [3.63, 3.8) is 0 Å². The maximum absolute atomic E-state index is 13.5. The molecule has 4 aromatic carbocycles. The van der Waals surface area contributed by atoms with E-state index in [0.29, 0.717) is 16.4 Å². The lowest BCUT2D eigenvalue weighted by molar-refractivity contribution is -0.138. The van der Waals surface area contributed by atoms with Crippen LogP contribution in [0, 0.1) is 0 Å². The van der Waals surface area contributed by atoms with Gasteiger partial charge in [-0.25, -0.2) is 16.8 Å². The summed E-state index contributed by atoms with van der Waals surface area (Å²) in [5.74, 6) is -1.00. The third-order valence-corrected chi connectivity index (χ3v) is 9.57. The van der Waals surface area contributed by atoms with Crippen LogP contribution in [0.5, 0.6) is 0 Å². The van der Waals surface area contributed by atoms with E-state index in [-0.39, 0.29) is 21.2 Å². The number of carbonyl (C=O) groups excluding carboxylic acids is 1. The van der Waals surface area contributed by atoms with E-state index in [1.807, 2.05) is 4.72 Å². The monoisotopic (exact) mass is 691 g/mol. The predicted octanol–water partition coefficient (Wildman–Crippen LogP) is 7.01. The van der Waals surface area contributed by atoms with Crippen molar-refractivity contribution in [1.29, 1.82) is 0 Å². The minimum Gasteiger partial charge on any atom is -0.325 e. The van der Waals surface area contributed by atoms with Crippen molar-refractivity contribution < 1.29 is 48.0 Å². The maximum atomic E-state index is 13.5. The lowest BCUT2D eigenvalue weighted by atomic mass is 10.2. The first-order valence-electron chi connectivity index (χ1n) is 12.4. The van der Waals surface area contributed by atoms with Crippen LogP contribution in [0.4, 0.5) is 43.4 Å². The number of amides is 1. The Bertz CT molecular complexity index is 1920. The Morgan fingerprint density at radius 1 is 0.711 bits per heavy atom. The Labute approximate surface area is 258 Å². The molecule has 0 saturated carbocycles. The molecule has 0 bridgehead atoms. The highest BCUT2D eigenvalue weighted by Crippen LogP contribution is 2.38. The van der Waals surface area contributed by atoms with Crippen LogP contribution in [-0.2, 0) is 37.2 Å². The molecule has 1 amide bonds. The van der Waals surface area contributed by atoms with Crippen molar-refractivity contribution in [2.45, 2.75) is 22.1 Å². The number of alkyl halides is 6. The normalized spacial score (nSPS) is 12.4. The summed E-state index contributed by atoms with van der Waals surface area (Å²) in [6, 6.07) is 16.8. The van der Waals surface area contributed by atoms with Crippen molar-refractivity contribution >= 4 is 54.6 Å². The van der Waals surface area contributed by atoms with Gasteiger partial charge in [-0.05, 0) is 72.8 Å². The second-order valence-electron chi connectivity index (χ2n) is 9.24. The molecule has 0 aliphatic rings. The fourth-order valence-electron chi connectivity index (χ4n) is 3.94. The summed E-state index contributed by atoms with van der Waals surface area (Å²) in [5.41, 5.74) is -3.28. The number of anilines is 3. The van der Waals surface area contributed by atoms with Crippen molar-refractivity contribution in [2.24, 2.45) is 0 Å². The van der Waals surface area contributed by atoms with Gasteiger partial charge < -0.3 is 5.32 Å². The molecule has 0 unspecified atom stereocenters. The number of nitrogens with one attached hydrogen (secondary N) is 2. The minimum absolute atomic E-state index is 0.0258. The molecular weight excluding hydrogens is 672 g/mol. The van der Waals surface area contributed by atoms with Crippen molar-refractivity contribution in [2.75, 3.05) is 20.9 Å². The average molecular weight is 692 g/mol. The van der Waals surface area contributed by atoms with E-state index in [2.05, 4.69) is 5.32 Å².